The molecule has 0 amide bonds. The van der Waals surface area contributed by atoms with E-state index in [9.17, 15) is 0 Å². The predicted molar refractivity (Wildman–Crippen MR) is 62.1 cm³/mol. The molecule has 0 N–H and O–H groups in total. The van der Waals surface area contributed by atoms with Crippen molar-refractivity contribution in [1.82, 2.24) is 0 Å². The molecule has 0 aliphatic rings. The average Bonchev–Trinajstić information content (AvgIpc) is 2.10. The van der Waals surface area contributed by atoms with Crippen LogP contribution in [0.15, 0.2) is 12.1 Å². The van der Waals surface area contributed by atoms with Crippen LogP contribution in [0, 0.1) is 11.8 Å². The third-order valence-corrected chi connectivity index (χ3v) is 2.76. The molecule has 0 fully saturated rings. The second-order valence-electron chi connectivity index (χ2n) is 2.19. The molecule has 0 nitrogen and oxygen atoms in total. The maximum Gasteiger partial charge on any atom is 0.0779 e. The fraction of sp³-hybridized carbons (Fsp3) is 0.111. The van der Waals surface area contributed by atoms with Crippen molar-refractivity contribution >= 4 is 50.7 Å². The quantitative estimate of drug-likeness (QED) is 0.378. The van der Waals surface area contributed by atoms with Crippen LogP contribution in [0.25, 0.3) is 0 Å². The molecule has 0 saturated carbocycles. The zero-order valence-corrected chi connectivity index (χ0v) is 10.2. The lowest BCUT2D eigenvalue weighted by Gasteiger charge is -1.99. The minimum atomic E-state index is 0.368. The highest BCUT2D eigenvalue weighted by atomic mass is 79.9. The second-order valence-corrected chi connectivity index (χ2v) is 3.94. The molecule has 0 saturated heterocycles. The van der Waals surface area contributed by atoms with Crippen molar-refractivity contribution < 1.29 is 0 Å². The Labute approximate surface area is 100 Å². The zero-order chi connectivity index (χ0) is 9.84. The van der Waals surface area contributed by atoms with E-state index in [0.717, 1.165) is 5.56 Å². The van der Waals surface area contributed by atoms with Crippen molar-refractivity contribution in [2.45, 2.75) is 0 Å². The minimum Gasteiger partial charge on any atom is -0.0863 e. The van der Waals surface area contributed by atoms with Crippen LogP contribution in [-0.2, 0) is 0 Å². The normalized spacial score (nSPS) is 9.23. The third-order valence-electron chi connectivity index (χ3n) is 1.28. The SMILES string of the molecule is Clc1cc(C#CCBr)cc(Cl)c1Cl. The van der Waals surface area contributed by atoms with Crippen molar-refractivity contribution in [3.63, 3.8) is 0 Å². The fourth-order valence-electron chi connectivity index (χ4n) is 0.763. The number of hydrogen-bond acceptors (Lipinski definition) is 0. The minimum absolute atomic E-state index is 0.368. The standard InChI is InChI=1S/C9H4BrCl3/c10-3-1-2-6-4-7(11)9(13)8(12)5-6/h4-5H,3H2. The highest BCUT2D eigenvalue weighted by Gasteiger charge is 2.03. The summed E-state index contributed by atoms with van der Waals surface area (Å²) in [5, 5.41) is 1.83. The largest absolute Gasteiger partial charge is 0.0863 e. The van der Waals surface area contributed by atoms with Gasteiger partial charge in [-0.3, -0.25) is 0 Å². The lowest BCUT2D eigenvalue weighted by molar-refractivity contribution is 1.64. The number of hydrogen-bond donors (Lipinski definition) is 0. The maximum atomic E-state index is 5.80. The zero-order valence-electron chi connectivity index (χ0n) is 6.37. The molecule has 0 aliphatic heterocycles. The molecule has 0 radical (unpaired) electrons. The van der Waals surface area contributed by atoms with Gasteiger partial charge in [-0.25, -0.2) is 0 Å². The summed E-state index contributed by atoms with van der Waals surface area (Å²) in [5.41, 5.74) is 0.763. The molecule has 0 aliphatic carbocycles. The van der Waals surface area contributed by atoms with Gasteiger partial charge in [0.05, 0.1) is 20.4 Å². The van der Waals surface area contributed by atoms with Crippen LogP contribution >= 0.6 is 50.7 Å². The van der Waals surface area contributed by atoms with Gasteiger partial charge in [-0.1, -0.05) is 62.6 Å². The van der Waals surface area contributed by atoms with Crippen molar-refractivity contribution in [2.24, 2.45) is 0 Å². The number of alkyl halides is 1. The van der Waals surface area contributed by atoms with Crippen LogP contribution in [0.4, 0.5) is 0 Å². The van der Waals surface area contributed by atoms with Gasteiger partial charge < -0.3 is 0 Å². The van der Waals surface area contributed by atoms with Gasteiger partial charge in [0.25, 0.3) is 0 Å². The van der Waals surface area contributed by atoms with E-state index in [-0.39, 0.29) is 0 Å². The second kappa shape index (κ2) is 5.12. The smallest absolute Gasteiger partial charge is 0.0779 e. The Morgan fingerprint density at radius 1 is 1.15 bits per heavy atom. The maximum absolute atomic E-state index is 5.80. The molecule has 0 heterocycles. The summed E-state index contributed by atoms with van der Waals surface area (Å²) in [7, 11) is 0. The Hall–Kier alpha value is 0.130. The number of rotatable bonds is 0. The summed E-state index contributed by atoms with van der Waals surface area (Å²) < 4.78 is 0. The van der Waals surface area contributed by atoms with E-state index < -0.39 is 0 Å². The van der Waals surface area contributed by atoms with Gasteiger partial charge in [0, 0.05) is 5.56 Å². The highest BCUT2D eigenvalue weighted by Crippen LogP contribution is 2.30. The fourth-order valence-corrected chi connectivity index (χ4v) is 1.50. The molecule has 1 aromatic carbocycles. The molecule has 1 aromatic rings. The average molecular weight is 298 g/mol. The summed E-state index contributed by atoms with van der Waals surface area (Å²) in [6.45, 7) is 0. The monoisotopic (exact) mass is 296 g/mol. The molecule has 0 aromatic heterocycles. The topological polar surface area (TPSA) is 0 Å². The molecule has 4 heteroatoms. The Balaban J connectivity index is 3.13. The predicted octanol–water partition coefficient (Wildman–Crippen LogP) is 4.39. The van der Waals surface area contributed by atoms with Crippen LogP contribution in [-0.4, -0.2) is 5.33 Å². The first-order valence-corrected chi connectivity index (χ1v) is 5.60. The van der Waals surface area contributed by atoms with E-state index in [2.05, 4.69) is 27.8 Å². The van der Waals surface area contributed by atoms with E-state index in [4.69, 9.17) is 34.8 Å². The lowest BCUT2D eigenvalue weighted by Crippen LogP contribution is -1.78. The Morgan fingerprint density at radius 3 is 2.15 bits per heavy atom. The first kappa shape index (κ1) is 11.2. The molecule has 68 valence electrons. The Morgan fingerprint density at radius 2 is 1.69 bits per heavy atom. The summed E-state index contributed by atoms with van der Waals surface area (Å²) in [6.07, 6.45) is 0. The van der Waals surface area contributed by atoms with Gasteiger partial charge in [-0.15, -0.1) is 0 Å². The van der Waals surface area contributed by atoms with Crippen LogP contribution in [0.3, 0.4) is 0 Å². The van der Waals surface area contributed by atoms with Crippen LogP contribution < -0.4 is 0 Å². The van der Waals surface area contributed by atoms with E-state index in [0.29, 0.717) is 20.4 Å². The van der Waals surface area contributed by atoms with Gasteiger partial charge >= 0.3 is 0 Å². The first-order valence-electron chi connectivity index (χ1n) is 3.34. The van der Waals surface area contributed by atoms with E-state index >= 15 is 0 Å². The molecule has 0 unspecified atom stereocenters. The van der Waals surface area contributed by atoms with Gasteiger partial charge in [-0.2, -0.15) is 0 Å². The Kier molecular flexibility index (Phi) is 4.41. The van der Waals surface area contributed by atoms with Gasteiger partial charge in [0.15, 0.2) is 0 Å². The van der Waals surface area contributed by atoms with Gasteiger partial charge in [0.2, 0.25) is 0 Å². The highest BCUT2D eigenvalue weighted by molar-refractivity contribution is 9.09. The summed E-state index contributed by atoms with van der Waals surface area (Å²) in [4.78, 5) is 0. The number of halogens is 4. The Bertz CT molecular complexity index is 353. The van der Waals surface area contributed by atoms with Crippen LogP contribution in [0.2, 0.25) is 15.1 Å². The van der Waals surface area contributed by atoms with Gasteiger partial charge in [0.1, 0.15) is 0 Å². The molecular formula is C9H4BrCl3. The third kappa shape index (κ3) is 3.07. The van der Waals surface area contributed by atoms with Crippen molar-refractivity contribution in [3.8, 4) is 11.8 Å². The first-order chi connectivity index (χ1) is 6.15. The van der Waals surface area contributed by atoms with Crippen molar-refractivity contribution in [1.29, 1.82) is 0 Å². The molecule has 1 rings (SSSR count). The van der Waals surface area contributed by atoms with Crippen LogP contribution in [0.1, 0.15) is 5.56 Å². The lowest BCUT2D eigenvalue weighted by atomic mass is 10.2. The summed E-state index contributed by atoms with van der Waals surface area (Å²) >= 11 is 20.6. The molecule has 0 spiro atoms. The molecule has 13 heavy (non-hydrogen) atoms. The van der Waals surface area contributed by atoms with Crippen LogP contribution in [0.5, 0.6) is 0 Å². The number of benzene rings is 1. The van der Waals surface area contributed by atoms with Gasteiger partial charge in [-0.05, 0) is 12.1 Å². The molecule has 0 atom stereocenters. The van der Waals surface area contributed by atoms with E-state index in [1.54, 1.807) is 12.1 Å². The van der Waals surface area contributed by atoms with E-state index in [1.165, 1.54) is 0 Å². The van der Waals surface area contributed by atoms with E-state index in [1.807, 2.05) is 0 Å². The summed E-state index contributed by atoms with van der Waals surface area (Å²) in [5.74, 6) is 5.72. The summed E-state index contributed by atoms with van der Waals surface area (Å²) in [6, 6.07) is 3.37. The van der Waals surface area contributed by atoms with Crippen molar-refractivity contribution in [3.05, 3.63) is 32.8 Å². The molecular weight excluding hydrogens is 294 g/mol. The van der Waals surface area contributed by atoms with Crippen molar-refractivity contribution in [2.75, 3.05) is 5.33 Å². The molecule has 0 bridgehead atoms.